The molecule has 138 valence electrons. The molecule has 1 aromatic carbocycles. The summed E-state index contributed by atoms with van der Waals surface area (Å²) in [7, 11) is -1.60. The molecule has 3 rings (SSSR count). The third kappa shape index (κ3) is 5.69. The maximum atomic E-state index is 3.97. The van der Waals surface area contributed by atoms with Crippen LogP contribution < -0.4 is 29.8 Å². The second kappa shape index (κ2) is 9.55. The number of rotatable bonds is 3. The Kier molecular flexibility index (Phi) is 9.70. The molecule has 0 radical (unpaired) electrons. The average Bonchev–Trinajstić information content (AvgIpc) is 3.02. The summed E-state index contributed by atoms with van der Waals surface area (Å²) in [5.41, 5.74) is 5.26. The number of allylic oxidation sites excluding steroid dienone is 1. The Morgan fingerprint density at radius 3 is 2.16 bits per heavy atom. The molecule has 2 aliphatic rings. The second-order valence-corrected chi connectivity index (χ2v) is 12.7. The van der Waals surface area contributed by atoms with E-state index in [2.05, 4.69) is 74.1 Å². The van der Waals surface area contributed by atoms with E-state index >= 15 is 0 Å². The molecule has 6 heteroatoms. The molecule has 1 fully saturated rings. The smallest absolute Gasteiger partial charge is 1.00 e. The summed E-state index contributed by atoms with van der Waals surface area (Å²) < 4.78 is 0. The number of fused-ring (bicyclic) bond motifs is 1. The largest absolute Gasteiger partial charge is 2.00 e. The molecule has 1 aromatic rings. The molecule has 1 atom stereocenters. The van der Waals surface area contributed by atoms with Gasteiger partial charge in [-0.1, -0.05) is 43.4 Å². The van der Waals surface area contributed by atoms with Crippen LogP contribution in [0.3, 0.4) is 0 Å². The molecule has 0 aromatic heterocycles. The summed E-state index contributed by atoms with van der Waals surface area (Å²) in [6, 6.07) is 9.06. The minimum Gasteiger partial charge on any atom is -1.00 e. The summed E-state index contributed by atoms with van der Waals surface area (Å²) in [6.45, 7) is 14.3. The van der Waals surface area contributed by atoms with Gasteiger partial charge < -0.3 is 34.7 Å². The fourth-order valence-corrected chi connectivity index (χ4v) is 7.91. The predicted molar refractivity (Wildman–Crippen MR) is 98.3 cm³/mol. The number of nitrogens with one attached hydrogen (secondary N) is 1. The van der Waals surface area contributed by atoms with Crippen LogP contribution in [-0.4, -0.2) is 31.8 Å². The monoisotopic (exact) mass is 474 g/mol. The van der Waals surface area contributed by atoms with E-state index in [0.29, 0.717) is 5.54 Å². The van der Waals surface area contributed by atoms with Crippen LogP contribution >= 0.6 is 0 Å². The zero-order valence-electron chi connectivity index (χ0n) is 16.0. The molecule has 0 spiro atoms. The van der Waals surface area contributed by atoms with Crippen LogP contribution in [0.15, 0.2) is 30.3 Å². The minimum atomic E-state index is -1.60. The predicted octanol–water partition coefficient (Wildman–Crippen LogP) is -1.64. The molecular formula is C19H30Cl2N2SiZr. The molecule has 2 nitrogen and oxygen atoms in total. The SMILES string of the molecule is CC(C)(C)N[Si](C)(C)C1C=C(N2CCCC2)c2ccccc21.[Cl-].[Cl-].[Zr+2]. The second-order valence-electron chi connectivity index (χ2n) is 8.41. The van der Waals surface area contributed by atoms with E-state index in [9.17, 15) is 0 Å². The van der Waals surface area contributed by atoms with Crippen LogP contribution in [0.5, 0.6) is 0 Å². The van der Waals surface area contributed by atoms with Gasteiger partial charge in [-0.15, -0.1) is 0 Å². The van der Waals surface area contributed by atoms with Gasteiger partial charge >= 0.3 is 26.2 Å². The summed E-state index contributed by atoms with van der Waals surface area (Å²) in [5, 5.41) is 0. The molecule has 1 saturated heterocycles. The fourth-order valence-electron chi connectivity index (χ4n) is 4.21. The maximum Gasteiger partial charge on any atom is 2.00 e. The van der Waals surface area contributed by atoms with Gasteiger partial charge in [0.2, 0.25) is 0 Å². The zero-order valence-corrected chi connectivity index (χ0v) is 21.0. The van der Waals surface area contributed by atoms with Crippen LogP contribution in [0.2, 0.25) is 13.1 Å². The number of nitrogens with zero attached hydrogens (tertiary/aromatic N) is 1. The average molecular weight is 477 g/mol. The van der Waals surface area contributed by atoms with Gasteiger partial charge in [0, 0.05) is 35.4 Å². The molecule has 0 amide bonds. The Balaban J connectivity index is 0.00000192. The van der Waals surface area contributed by atoms with Gasteiger partial charge in [0.15, 0.2) is 0 Å². The van der Waals surface area contributed by atoms with Crippen molar-refractivity contribution in [1.29, 1.82) is 0 Å². The summed E-state index contributed by atoms with van der Waals surface area (Å²) >= 11 is 0. The van der Waals surface area contributed by atoms with Crippen molar-refractivity contribution >= 4 is 13.9 Å². The third-order valence-corrected chi connectivity index (χ3v) is 8.24. The summed E-state index contributed by atoms with van der Waals surface area (Å²) in [5.74, 6) is 0. The Bertz CT molecular complexity index is 593. The van der Waals surface area contributed by atoms with Crippen molar-refractivity contribution in [1.82, 2.24) is 9.88 Å². The van der Waals surface area contributed by atoms with Gasteiger partial charge in [-0.25, -0.2) is 0 Å². The first kappa shape index (κ1) is 25.4. The normalized spacial score (nSPS) is 19.3. The quantitative estimate of drug-likeness (QED) is 0.527. The molecule has 1 aliphatic carbocycles. The summed E-state index contributed by atoms with van der Waals surface area (Å²) in [6.07, 6.45) is 5.25. The van der Waals surface area contributed by atoms with Crippen LogP contribution in [-0.2, 0) is 26.2 Å². The van der Waals surface area contributed by atoms with E-state index in [4.69, 9.17) is 0 Å². The van der Waals surface area contributed by atoms with Gasteiger partial charge in [-0.05, 0) is 39.2 Å². The number of hydrogen-bond acceptors (Lipinski definition) is 2. The Morgan fingerprint density at radius 2 is 1.60 bits per heavy atom. The van der Waals surface area contributed by atoms with Gasteiger partial charge in [0.1, 0.15) is 8.24 Å². The Morgan fingerprint density at radius 1 is 1.04 bits per heavy atom. The van der Waals surface area contributed by atoms with Crippen LogP contribution in [0.1, 0.15) is 50.3 Å². The van der Waals surface area contributed by atoms with Crippen LogP contribution in [0, 0.1) is 0 Å². The standard InChI is InChI=1S/C19H30N2Si.2ClH.Zr/c1-19(2,3)20-22(4,5)18-14-17(21-12-8-9-13-21)15-10-6-7-11-16(15)18;;;/h6-7,10-11,14,18,20H,8-9,12-13H2,1-5H3;2*1H;/q;;;+2/p-2. The van der Waals surface area contributed by atoms with Crippen molar-refractivity contribution in [2.24, 2.45) is 0 Å². The summed E-state index contributed by atoms with van der Waals surface area (Å²) in [4.78, 5) is 6.56. The Hall–Kier alpha value is 0.400. The molecule has 1 unspecified atom stereocenters. The van der Waals surface area contributed by atoms with Crippen LogP contribution in [0.4, 0.5) is 0 Å². The molecule has 0 bridgehead atoms. The zero-order chi connectivity index (χ0) is 16.0. The first-order valence-corrected chi connectivity index (χ1v) is 11.7. The molecule has 0 saturated carbocycles. The Labute approximate surface area is 186 Å². The van der Waals surface area contributed by atoms with E-state index in [1.54, 1.807) is 0 Å². The molecular weight excluding hydrogens is 446 g/mol. The van der Waals surface area contributed by atoms with E-state index in [0.717, 1.165) is 0 Å². The topological polar surface area (TPSA) is 15.3 Å². The van der Waals surface area contributed by atoms with Crippen molar-refractivity contribution in [3.05, 3.63) is 41.5 Å². The molecule has 1 heterocycles. The van der Waals surface area contributed by atoms with E-state index in [-0.39, 0.29) is 56.6 Å². The van der Waals surface area contributed by atoms with E-state index < -0.39 is 8.24 Å². The van der Waals surface area contributed by atoms with E-state index in [1.807, 2.05) is 0 Å². The number of likely N-dealkylation sites (tertiary alicyclic amines) is 1. The van der Waals surface area contributed by atoms with Gasteiger partial charge in [0.05, 0.1) is 0 Å². The van der Waals surface area contributed by atoms with Crippen molar-refractivity contribution in [3.63, 3.8) is 0 Å². The molecule has 1 N–H and O–H groups in total. The van der Waals surface area contributed by atoms with Gasteiger partial charge in [-0.2, -0.15) is 0 Å². The van der Waals surface area contributed by atoms with E-state index in [1.165, 1.54) is 42.8 Å². The van der Waals surface area contributed by atoms with Crippen molar-refractivity contribution in [2.45, 2.75) is 57.8 Å². The van der Waals surface area contributed by atoms with Gasteiger partial charge in [0.25, 0.3) is 0 Å². The minimum absolute atomic E-state index is 0. The van der Waals surface area contributed by atoms with Crippen LogP contribution in [0.25, 0.3) is 5.70 Å². The third-order valence-electron chi connectivity index (χ3n) is 4.82. The van der Waals surface area contributed by atoms with Crippen molar-refractivity contribution in [3.8, 4) is 0 Å². The fraction of sp³-hybridized carbons (Fsp3) is 0.579. The first-order valence-electron chi connectivity index (χ1n) is 8.63. The molecule has 1 aliphatic heterocycles. The number of benzene rings is 1. The number of halogens is 2. The van der Waals surface area contributed by atoms with Crippen molar-refractivity contribution < 1.29 is 51.0 Å². The van der Waals surface area contributed by atoms with Crippen molar-refractivity contribution in [2.75, 3.05) is 13.1 Å². The molecule has 25 heavy (non-hydrogen) atoms. The maximum absolute atomic E-state index is 3.97. The number of hydrogen-bond donors (Lipinski definition) is 1. The first-order chi connectivity index (χ1) is 10.3. The van der Waals surface area contributed by atoms with Gasteiger partial charge in [-0.3, -0.25) is 0 Å².